The van der Waals surface area contributed by atoms with Crippen molar-refractivity contribution in [2.45, 2.75) is 44.9 Å². The highest BCUT2D eigenvalue weighted by Crippen LogP contribution is 2.29. The second-order valence-electron chi connectivity index (χ2n) is 6.30. The number of benzene rings is 1. The molecule has 7 heteroatoms. The van der Waals surface area contributed by atoms with Crippen LogP contribution in [0, 0.1) is 17.6 Å². The van der Waals surface area contributed by atoms with E-state index in [9.17, 15) is 23.5 Å². The minimum Gasteiger partial charge on any atom is -0.391 e. The van der Waals surface area contributed by atoms with Crippen molar-refractivity contribution in [2.75, 3.05) is 7.05 Å². The molecule has 1 saturated carbocycles. The number of amides is 2. The maximum absolute atomic E-state index is 13.4. The fourth-order valence-electron chi connectivity index (χ4n) is 2.41. The molecular weight excluding hydrogens is 318 g/mol. The second-order valence-corrected chi connectivity index (χ2v) is 6.30. The summed E-state index contributed by atoms with van der Waals surface area (Å²) >= 11 is 0. The van der Waals surface area contributed by atoms with Crippen molar-refractivity contribution in [3.8, 4) is 0 Å². The van der Waals surface area contributed by atoms with Crippen LogP contribution in [0.2, 0.25) is 0 Å². The molecule has 1 aliphatic rings. The van der Waals surface area contributed by atoms with Gasteiger partial charge in [0.25, 0.3) is 0 Å². The molecule has 1 aromatic rings. The molecule has 2 amide bonds. The number of hydrogen-bond acceptors (Lipinski definition) is 3. The summed E-state index contributed by atoms with van der Waals surface area (Å²) in [5.41, 5.74) is 0.419. The summed E-state index contributed by atoms with van der Waals surface area (Å²) in [5, 5.41) is 12.4. The lowest BCUT2D eigenvalue weighted by molar-refractivity contribution is -0.140. The third-order valence-electron chi connectivity index (χ3n) is 4.35. The Labute approximate surface area is 139 Å². The van der Waals surface area contributed by atoms with Gasteiger partial charge in [0.2, 0.25) is 11.8 Å². The molecule has 0 bridgehead atoms. The van der Waals surface area contributed by atoms with Crippen LogP contribution in [0.4, 0.5) is 8.78 Å². The van der Waals surface area contributed by atoms with Gasteiger partial charge >= 0.3 is 0 Å². The third kappa shape index (κ3) is 4.08. The van der Waals surface area contributed by atoms with Crippen molar-refractivity contribution in [3.63, 3.8) is 0 Å². The average Bonchev–Trinajstić information content (AvgIpc) is 3.37. The number of likely N-dealkylation sites (N-methyl/N-ethyl adjacent to an activating group) is 1. The smallest absolute Gasteiger partial charge is 0.248 e. The molecule has 1 fully saturated rings. The summed E-state index contributed by atoms with van der Waals surface area (Å²) in [7, 11) is 1.49. The van der Waals surface area contributed by atoms with E-state index in [1.54, 1.807) is 6.92 Å². The van der Waals surface area contributed by atoms with Gasteiger partial charge < -0.3 is 15.3 Å². The second kappa shape index (κ2) is 7.25. The Bertz CT molecular complexity index is 632. The number of rotatable bonds is 6. The van der Waals surface area contributed by atoms with Crippen molar-refractivity contribution in [3.05, 3.63) is 35.4 Å². The monoisotopic (exact) mass is 340 g/mol. The molecule has 0 radical (unpaired) electrons. The zero-order chi connectivity index (χ0) is 18.0. The van der Waals surface area contributed by atoms with Gasteiger partial charge in [-0.1, -0.05) is 6.07 Å². The van der Waals surface area contributed by atoms with Gasteiger partial charge in [-0.15, -0.1) is 0 Å². The topological polar surface area (TPSA) is 69.6 Å². The first-order chi connectivity index (χ1) is 11.2. The number of nitrogens with one attached hydrogen (secondary N) is 1. The van der Waals surface area contributed by atoms with E-state index in [2.05, 4.69) is 5.32 Å². The lowest BCUT2D eigenvalue weighted by Crippen LogP contribution is -2.53. The average molecular weight is 340 g/mol. The Hall–Kier alpha value is -2.02. The van der Waals surface area contributed by atoms with Gasteiger partial charge in [-0.3, -0.25) is 9.59 Å². The number of carbonyl (C=O) groups excluding carboxylic acids is 2. The minimum absolute atomic E-state index is 0.0898. The molecule has 24 heavy (non-hydrogen) atoms. The first kappa shape index (κ1) is 18.3. The van der Waals surface area contributed by atoms with Gasteiger partial charge in [-0.25, -0.2) is 8.78 Å². The van der Waals surface area contributed by atoms with Crippen LogP contribution < -0.4 is 5.32 Å². The Morgan fingerprint density at radius 1 is 1.25 bits per heavy atom. The van der Waals surface area contributed by atoms with Crippen molar-refractivity contribution in [2.24, 2.45) is 5.92 Å². The Kier molecular flexibility index (Phi) is 5.54. The fraction of sp³-hybridized carbons (Fsp3) is 0.529. The van der Waals surface area contributed by atoms with Crippen LogP contribution in [0.3, 0.4) is 0 Å². The molecule has 0 aliphatic heterocycles. The summed E-state index contributed by atoms with van der Waals surface area (Å²) in [6, 6.07) is 1.81. The number of halogens is 2. The van der Waals surface area contributed by atoms with E-state index in [0.717, 1.165) is 25.0 Å². The summed E-state index contributed by atoms with van der Waals surface area (Å²) in [6.07, 6.45) is 0.501. The number of carbonyl (C=O) groups is 2. The molecule has 0 heterocycles. The van der Waals surface area contributed by atoms with Gasteiger partial charge in [0, 0.05) is 13.0 Å². The number of hydrogen-bond donors (Lipinski definition) is 2. The molecule has 1 aliphatic carbocycles. The predicted molar refractivity (Wildman–Crippen MR) is 83.9 cm³/mol. The normalized spacial score (nSPS) is 17.8. The zero-order valence-corrected chi connectivity index (χ0v) is 13.9. The number of aliphatic hydroxyl groups is 1. The van der Waals surface area contributed by atoms with Crippen LogP contribution in [-0.2, 0) is 9.59 Å². The Balaban J connectivity index is 2.11. The summed E-state index contributed by atoms with van der Waals surface area (Å²) in [4.78, 5) is 25.8. The number of nitrogens with zero attached hydrogens (tertiary/aromatic N) is 1. The predicted octanol–water partition coefficient (Wildman–Crippen LogP) is 1.76. The van der Waals surface area contributed by atoms with Crippen LogP contribution in [0.15, 0.2) is 18.2 Å². The first-order valence-electron chi connectivity index (χ1n) is 7.92. The highest BCUT2D eigenvalue weighted by molar-refractivity contribution is 5.89. The SMILES string of the molecule is CC(O)C(NC(=O)C1CC1)C(=O)N(C)C(C)c1ccc(F)c(F)c1. The standard InChI is InChI=1S/C17H22F2N2O3/c1-9(12-6-7-13(18)14(19)8-12)21(3)17(24)15(10(2)22)20-16(23)11-4-5-11/h6-11,15,22H,4-5H2,1-3H3,(H,20,23). The van der Waals surface area contributed by atoms with Gasteiger partial charge in [-0.05, 0) is 44.4 Å². The fourth-order valence-corrected chi connectivity index (χ4v) is 2.41. The molecular formula is C17H22F2N2O3. The van der Waals surface area contributed by atoms with E-state index in [0.29, 0.717) is 5.56 Å². The van der Waals surface area contributed by atoms with E-state index in [-0.39, 0.29) is 11.8 Å². The van der Waals surface area contributed by atoms with E-state index in [4.69, 9.17) is 0 Å². The minimum atomic E-state index is -1.07. The molecule has 2 N–H and O–H groups in total. The maximum atomic E-state index is 13.4. The van der Waals surface area contributed by atoms with Crippen molar-refractivity contribution < 1.29 is 23.5 Å². The van der Waals surface area contributed by atoms with Gasteiger partial charge in [0.1, 0.15) is 6.04 Å². The van der Waals surface area contributed by atoms with E-state index >= 15 is 0 Å². The summed E-state index contributed by atoms with van der Waals surface area (Å²) in [5.74, 6) is -2.78. The molecule has 0 aromatic heterocycles. The van der Waals surface area contributed by atoms with Gasteiger partial charge in [0.15, 0.2) is 11.6 Å². The molecule has 3 atom stereocenters. The molecule has 3 unspecified atom stereocenters. The van der Waals surface area contributed by atoms with E-state index in [1.165, 1.54) is 24.9 Å². The molecule has 0 spiro atoms. The van der Waals surface area contributed by atoms with Crippen molar-refractivity contribution in [1.29, 1.82) is 0 Å². The van der Waals surface area contributed by atoms with Crippen molar-refractivity contribution in [1.82, 2.24) is 10.2 Å². The van der Waals surface area contributed by atoms with E-state index in [1.807, 2.05) is 0 Å². The molecule has 132 valence electrons. The first-order valence-corrected chi connectivity index (χ1v) is 7.92. The largest absolute Gasteiger partial charge is 0.391 e. The van der Waals surface area contributed by atoms with Crippen LogP contribution in [0.5, 0.6) is 0 Å². The zero-order valence-electron chi connectivity index (χ0n) is 13.9. The molecule has 1 aromatic carbocycles. The quantitative estimate of drug-likeness (QED) is 0.829. The molecule has 0 saturated heterocycles. The lowest BCUT2D eigenvalue weighted by Gasteiger charge is -2.31. The number of aliphatic hydroxyl groups excluding tert-OH is 1. The van der Waals surface area contributed by atoms with Gasteiger partial charge in [-0.2, -0.15) is 0 Å². The van der Waals surface area contributed by atoms with Crippen LogP contribution >= 0.6 is 0 Å². The van der Waals surface area contributed by atoms with Crippen LogP contribution in [0.1, 0.15) is 38.3 Å². The molecule has 5 nitrogen and oxygen atoms in total. The highest BCUT2D eigenvalue weighted by Gasteiger charge is 2.36. The third-order valence-corrected chi connectivity index (χ3v) is 4.35. The summed E-state index contributed by atoms with van der Waals surface area (Å²) < 4.78 is 26.4. The summed E-state index contributed by atoms with van der Waals surface area (Å²) in [6.45, 7) is 3.08. The lowest BCUT2D eigenvalue weighted by atomic mass is 10.0. The van der Waals surface area contributed by atoms with Crippen LogP contribution in [-0.4, -0.2) is 41.0 Å². The Morgan fingerprint density at radius 2 is 1.88 bits per heavy atom. The Morgan fingerprint density at radius 3 is 2.38 bits per heavy atom. The maximum Gasteiger partial charge on any atom is 0.248 e. The molecule has 2 rings (SSSR count). The van der Waals surface area contributed by atoms with Crippen molar-refractivity contribution >= 4 is 11.8 Å². The highest BCUT2D eigenvalue weighted by atomic mass is 19.2. The van der Waals surface area contributed by atoms with Gasteiger partial charge in [0.05, 0.1) is 12.1 Å². The van der Waals surface area contributed by atoms with E-state index < -0.39 is 35.7 Å². The van der Waals surface area contributed by atoms with Crippen LogP contribution in [0.25, 0.3) is 0 Å².